The number of imide groups is 1. The number of carbonyl (C=O) groups is 2. The average Bonchev–Trinajstić information content (AvgIpc) is 2.56. The van der Waals surface area contributed by atoms with Gasteiger partial charge >= 0.3 is 6.03 Å². The third-order valence-corrected chi connectivity index (χ3v) is 3.40. The minimum absolute atomic E-state index is 0.259. The zero-order chi connectivity index (χ0) is 17.5. The molecule has 0 aliphatic rings. The van der Waals surface area contributed by atoms with Gasteiger partial charge in [-0.15, -0.1) is 0 Å². The second-order valence-electron chi connectivity index (χ2n) is 4.59. The van der Waals surface area contributed by atoms with E-state index in [2.05, 4.69) is 10.6 Å². The van der Waals surface area contributed by atoms with E-state index in [1.165, 1.54) is 6.07 Å². The van der Waals surface area contributed by atoms with Gasteiger partial charge in [0.1, 0.15) is 11.5 Å². The number of urea groups is 1. The van der Waals surface area contributed by atoms with Gasteiger partial charge in [0.05, 0.1) is 12.1 Å². The summed E-state index contributed by atoms with van der Waals surface area (Å²) < 4.78 is 10.2. The molecule has 24 heavy (non-hydrogen) atoms. The van der Waals surface area contributed by atoms with Crippen molar-refractivity contribution in [2.45, 2.75) is 0 Å². The third-order valence-electron chi connectivity index (χ3n) is 2.85. The predicted molar refractivity (Wildman–Crippen MR) is 92.1 cm³/mol. The largest absolute Gasteiger partial charge is 0.497 e. The second-order valence-corrected chi connectivity index (χ2v) is 5.44. The number of carbonyl (C=O) groups excluding carboxylic acids is 2. The summed E-state index contributed by atoms with van der Waals surface area (Å²) in [4.78, 5) is 23.5. The molecule has 0 saturated carbocycles. The van der Waals surface area contributed by atoms with Crippen LogP contribution in [0.15, 0.2) is 42.5 Å². The zero-order valence-corrected chi connectivity index (χ0v) is 14.1. The maximum Gasteiger partial charge on any atom is 0.325 e. The van der Waals surface area contributed by atoms with Crippen LogP contribution in [-0.4, -0.2) is 25.7 Å². The van der Waals surface area contributed by atoms with Crippen molar-refractivity contribution in [1.82, 2.24) is 5.32 Å². The van der Waals surface area contributed by atoms with Gasteiger partial charge in [-0.25, -0.2) is 4.79 Å². The number of hydrogen-bond acceptors (Lipinski definition) is 4. The van der Waals surface area contributed by atoms with Crippen LogP contribution in [0.5, 0.6) is 11.5 Å². The maximum absolute atomic E-state index is 11.7. The minimum atomic E-state index is -0.675. The Balaban J connectivity index is 1.82. The summed E-state index contributed by atoms with van der Waals surface area (Å²) in [5.41, 5.74) is 0.514. The molecule has 0 bridgehead atoms. The van der Waals surface area contributed by atoms with Crippen molar-refractivity contribution in [2.75, 3.05) is 19.0 Å². The first-order valence-electron chi connectivity index (χ1n) is 6.80. The molecule has 2 rings (SSSR count). The van der Waals surface area contributed by atoms with Gasteiger partial charge in [0.15, 0.2) is 6.61 Å². The molecule has 2 aromatic carbocycles. The Morgan fingerprint density at radius 3 is 2.46 bits per heavy atom. The van der Waals surface area contributed by atoms with Gasteiger partial charge in [-0.1, -0.05) is 23.2 Å². The van der Waals surface area contributed by atoms with Gasteiger partial charge in [-0.2, -0.15) is 0 Å². The van der Waals surface area contributed by atoms with Crippen molar-refractivity contribution >= 4 is 40.8 Å². The molecule has 0 atom stereocenters. The Hall–Kier alpha value is -2.44. The minimum Gasteiger partial charge on any atom is -0.497 e. The highest BCUT2D eigenvalue weighted by molar-refractivity contribution is 6.34. The molecule has 2 N–H and O–H groups in total. The van der Waals surface area contributed by atoms with E-state index in [1.807, 2.05) is 0 Å². The number of anilines is 1. The lowest BCUT2D eigenvalue weighted by atomic mass is 10.3. The number of rotatable bonds is 5. The molecular formula is C16H14Cl2N2O4. The predicted octanol–water partition coefficient (Wildman–Crippen LogP) is 3.73. The SMILES string of the molecule is COc1ccc(NC(=O)NC(=O)COc2cc(Cl)ccc2Cl)cc1. The van der Waals surface area contributed by atoms with Crippen LogP contribution in [0.1, 0.15) is 0 Å². The lowest BCUT2D eigenvalue weighted by Gasteiger charge is -2.09. The smallest absolute Gasteiger partial charge is 0.325 e. The van der Waals surface area contributed by atoms with Gasteiger partial charge in [0.25, 0.3) is 5.91 Å². The quantitative estimate of drug-likeness (QED) is 0.842. The van der Waals surface area contributed by atoms with Crippen LogP contribution in [0.3, 0.4) is 0 Å². The molecule has 8 heteroatoms. The molecule has 0 saturated heterocycles. The van der Waals surface area contributed by atoms with Gasteiger partial charge in [-0.3, -0.25) is 10.1 Å². The molecule has 0 spiro atoms. The molecule has 0 aliphatic carbocycles. The van der Waals surface area contributed by atoms with Crippen LogP contribution < -0.4 is 20.1 Å². The van der Waals surface area contributed by atoms with Crippen molar-refractivity contribution < 1.29 is 19.1 Å². The summed E-state index contributed by atoms with van der Waals surface area (Å²) in [5.74, 6) is 0.288. The maximum atomic E-state index is 11.7. The molecule has 6 nitrogen and oxygen atoms in total. The number of ether oxygens (including phenoxy) is 2. The van der Waals surface area contributed by atoms with Crippen LogP contribution in [0.25, 0.3) is 0 Å². The van der Waals surface area contributed by atoms with Crippen molar-refractivity contribution in [1.29, 1.82) is 0 Å². The normalized spacial score (nSPS) is 9.96. The molecule has 0 radical (unpaired) electrons. The molecule has 126 valence electrons. The Morgan fingerprint density at radius 1 is 1.08 bits per heavy atom. The van der Waals surface area contributed by atoms with E-state index in [0.29, 0.717) is 21.5 Å². The molecule has 3 amide bonds. The summed E-state index contributed by atoms with van der Waals surface area (Å²) >= 11 is 11.7. The van der Waals surface area contributed by atoms with E-state index in [4.69, 9.17) is 32.7 Å². The van der Waals surface area contributed by atoms with Crippen molar-refractivity contribution in [3.05, 3.63) is 52.5 Å². The van der Waals surface area contributed by atoms with Gasteiger partial charge in [0.2, 0.25) is 0 Å². The lowest BCUT2D eigenvalue weighted by Crippen LogP contribution is -2.37. The van der Waals surface area contributed by atoms with E-state index >= 15 is 0 Å². The summed E-state index contributed by atoms with van der Waals surface area (Å²) in [7, 11) is 1.54. The van der Waals surface area contributed by atoms with E-state index in [0.717, 1.165) is 0 Å². The van der Waals surface area contributed by atoms with Crippen molar-refractivity contribution in [3.8, 4) is 11.5 Å². The number of benzene rings is 2. The van der Waals surface area contributed by atoms with Crippen molar-refractivity contribution in [2.24, 2.45) is 0 Å². The Labute approximate surface area is 148 Å². The second kappa shape index (κ2) is 8.42. The third kappa shape index (κ3) is 5.33. The van der Waals surface area contributed by atoms with Crippen molar-refractivity contribution in [3.63, 3.8) is 0 Å². The molecule has 0 heterocycles. The van der Waals surface area contributed by atoms with Crippen LogP contribution in [0.4, 0.5) is 10.5 Å². The summed E-state index contributed by atoms with van der Waals surface area (Å²) in [6, 6.07) is 10.6. The van der Waals surface area contributed by atoms with E-state index < -0.39 is 11.9 Å². The Morgan fingerprint density at radius 2 is 1.79 bits per heavy atom. The van der Waals surface area contributed by atoms with Gasteiger partial charge in [0, 0.05) is 16.8 Å². The Kier molecular flexibility index (Phi) is 6.28. The van der Waals surface area contributed by atoms with Crippen LogP contribution in [-0.2, 0) is 4.79 Å². The first kappa shape index (κ1) is 17.9. The summed E-state index contributed by atoms with van der Waals surface area (Å²) in [6.07, 6.45) is 0. The fraction of sp³-hybridized carbons (Fsp3) is 0.125. The van der Waals surface area contributed by atoms with Gasteiger partial charge < -0.3 is 14.8 Å². The molecule has 0 aliphatic heterocycles. The van der Waals surface area contributed by atoms with Crippen LogP contribution >= 0.6 is 23.2 Å². The number of methoxy groups -OCH3 is 1. The number of nitrogens with one attached hydrogen (secondary N) is 2. The van der Waals surface area contributed by atoms with E-state index in [1.54, 1.807) is 43.5 Å². The highest BCUT2D eigenvalue weighted by atomic mass is 35.5. The summed E-state index contributed by atoms with van der Waals surface area (Å²) in [6.45, 7) is -0.379. The molecule has 0 unspecified atom stereocenters. The first-order valence-corrected chi connectivity index (χ1v) is 7.56. The number of amides is 3. The van der Waals surface area contributed by atoms with Crippen LogP contribution in [0.2, 0.25) is 10.0 Å². The monoisotopic (exact) mass is 368 g/mol. The molecular weight excluding hydrogens is 355 g/mol. The first-order chi connectivity index (χ1) is 11.5. The topological polar surface area (TPSA) is 76.7 Å². The van der Waals surface area contributed by atoms with E-state index in [-0.39, 0.29) is 12.4 Å². The fourth-order valence-electron chi connectivity index (χ4n) is 1.73. The molecule has 0 aromatic heterocycles. The number of hydrogen-bond donors (Lipinski definition) is 2. The van der Waals surface area contributed by atoms with E-state index in [9.17, 15) is 9.59 Å². The average molecular weight is 369 g/mol. The fourth-order valence-corrected chi connectivity index (χ4v) is 2.06. The number of halogens is 2. The molecule has 2 aromatic rings. The van der Waals surface area contributed by atoms with Crippen LogP contribution in [0, 0.1) is 0 Å². The highest BCUT2D eigenvalue weighted by Gasteiger charge is 2.10. The lowest BCUT2D eigenvalue weighted by molar-refractivity contribution is -0.121. The van der Waals surface area contributed by atoms with Gasteiger partial charge in [-0.05, 0) is 36.4 Å². The standard InChI is InChI=1S/C16H14Cl2N2O4/c1-23-12-5-3-11(4-6-12)19-16(22)20-15(21)9-24-14-8-10(17)2-7-13(14)18/h2-8H,9H2,1H3,(H2,19,20,21,22). The highest BCUT2D eigenvalue weighted by Crippen LogP contribution is 2.27. The Bertz CT molecular complexity index is 735. The zero-order valence-electron chi connectivity index (χ0n) is 12.6. The molecule has 0 fully saturated rings. The summed E-state index contributed by atoms with van der Waals surface area (Å²) in [5, 5.41) is 5.39.